The summed E-state index contributed by atoms with van der Waals surface area (Å²) in [7, 11) is 3.95. The largest absolute Gasteiger partial charge is 0.388 e. The molecule has 2 N–H and O–H groups in total. The molecule has 0 aliphatic rings. The van der Waals surface area contributed by atoms with Gasteiger partial charge in [-0.15, -0.1) is 11.3 Å². The Hall–Kier alpha value is -0.420. The van der Waals surface area contributed by atoms with E-state index in [1.54, 1.807) is 0 Å². The van der Waals surface area contributed by atoms with Gasteiger partial charge in [-0.1, -0.05) is 0 Å². The molecule has 1 atom stereocenters. The Morgan fingerprint density at radius 3 is 2.53 bits per heavy atom. The number of thiophene rings is 1. The molecule has 17 heavy (non-hydrogen) atoms. The van der Waals surface area contributed by atoms with Gasteiger partial charge in [-0.2, -0.15) is 0 Å². The first-order valence-corrected chi connectivity index (χ1v) is 6.75. The predicted octanol–water partition coefficient (Wildman–Crippen LogP) is 1.77. The normalized spacial score (nSPS) is 15.2. The number of rotatable bonds is 6. The maximum absolute atomic E-state index is 10.1. The lowest BCUT2D eigenvalue weighted by atomic mass is 10.1. The molecule has 4 heteroatoms. The molecule has 1 unspecified atom stereocenters. The molecule has 0 bridgehead atoms. The van der Waals surface area contributed by atoms with Crippen LogP contribution < -0.4 is 5.32 Å². The minimum atomic E-state index is -0.678. The molecule has 0 spiro atoms. The fourth-order valence-corrected chi connectivity index (χ4v) is 3.01. The summed E-state index contributed by atoms with van der Waals surface area (Å²) in [6, 6.07) is 2.22. The lowest BCUT2D eigenvalue weighted by Gasteiger charge is -2.27. The average molecular weight is 256 g/mol. The number of hydrogen-bond donors (Lipinski definition) is 2. The van der Waals surface area contributed by atoms with Crippen molar-refractivity contribution in [2.45, 2.75) is 32.9 Å². The molecule has 0 amide bonds. The summed E-state index contributed by atoms with van der Waals surface area (Å²) in [6.45, 7) is 8.25. The van der Waals surface area contributed by atoms with Crippen LogP contribution in [-0.4, -0.2) is 42.8 Å². The van der Waals surface area contributed by atoms with Gasteiger partial charge in [-0.05, 0) is 46.5 Å². The van der Waals surface area contributed by atoms with Gasteiger partial charge in [0, 0.05) is 29.4 Å². The van der Waals surface area contributed by atoms with E-state index in [0.717, 1.165) is 6.54 Å². The number of nitrogens with one attached hydrogen (secondary N) is 1. The molecule has 0 fully saturated rings. The molecule has 0 saturated carbocycles. The first-order valence-electron chi connectivity index (χ1n) is 5.94. The summed E-state index contributed by atoms with van der Waals surface area (Å²) >= 11 is 1.83. The van der Waals surface area contributed by atoms with Crippen molar-refractivity contribution in [3.8, 4) is 0 Å². The van der Waals surface area contributed by atoms with Crippen LogP contribution in [0.15, 0.2) is 6.07 Å². The number of aryl methyl sites for hydroxylation is 2. The number of hydrogen-bond acceptors (Lipinski definition) is 4. The maximum atomic E-state index is 10.1. The van der Waals surface area contributed by atoms with E-state index in [1.807, 2.05) is 37.3 Å². The highest BCUT2D eigenvalue weighted by molar-refractivity contribution is 7.12. The highest BCUT2D eigenvalue weighted by atomic mass is 32.1. The van der Waals surface area contributed by atoms with Crippen molar-refractivity contribution in [2.75, 3.05) is 27.2 Å². The maximum Gasteiger partial charge on any atom is 0.0869 e. The quantitative estimate of drug-likeness (QED) is 0.814. The number of aliphatic hydroxyl groups is 1. The van der Waals surface area contributed by atoms with Crippen molar-refractivity contribution >= 4 is 11.3 Å². The van der Waals surface area contributed by atoms with Crippen LogP contribution in [0.5, 0.6) is 0 Å². The Morgan fingerprint density at radius 1 is 1.41 bits per heavy atom. The van der Waals surface area contributed by atoms with Crippen molar-refractivity contribution < 1.29 is 5.11 Å². The van der Waals surface area contributed by atoms with E-state index < -0.39 is 5.60 Å². The molecule has 0 aromatic carbocycles. The van der Waals surface area contributed by atoms with E-state index in [2.05, 4.69) is 25.2 Å². The summed E-state index contributed by atoms with van der Waals surface area (Å²) < 4.78 is 0. The smallest absolute Gasteiger partial charge is 0.0869 e. The van der Waals surface area contributed by atoms with Crippen molar-refractivity contribution in [1.82, 2.24) is 10.2 Å². The van der Waals surface area contributed by atoms with E-state index in [-0.39, 0.29) is 0 Å². The van der Waals surface area contributed by atoms with Gasteiger partial charge >= 0.3 is 0 Å². The second-order valence-corrected chi connectivity index (χ2v) is 6.74. The monoisotopic (exact) mass is 256 g/mol. The summed E-state index contributed by atoms with van der Waals surface area (Å²) in [5.74, 6) is 0. The third kappa shape index (κ3) is 5.17. The summed E-state index contributed by atoms with van der Waals surface area (Å²) in [6.07, 6.45) is 0. The molecule has 1 aromatic heterocycles. The topological polar surface area (TPSA) is 35.5 Å². The molecule has 1 heterocycles. The molecule has 3 nitrogen and oxygen atoms in total. The Morgan fingerprint density at radius 2 is 2.06 bits per heavy atom. The zero-order chi connectivity index (χ0) is 13.1. The average Bonchev–Trinajstić information content (AvgIpc) is 2.42. The second-order valence-electron chi connectivity index (χ2n) is 5.28. The molecular weight excluding hydrogens is 232 g/mol. The van der Waals surface area contributed by atoms with Gasteiger partial charge in [-0.3, -0.25) is 0 Å². The standard InChI is InChI=1S/C13H24N2OS/c1-10-6-12(11(2)17-10)7-14-8-13(3,16)9-15(4)5/h6,14,16H,7-9H2,1-5H3. The van der Waals surface area contributed by atoms with Gasteiger partial charge in [0.2, 0.25) is 0 Å². The van der Waals surface area contributed by atoms with Crippen LogP contribution in [0.25, 0.3) is 0 Å². The van der Waals surface area contributed by atoms with Crippen molar-refractivity contribution in [3.63, 3.8) is 0 Å². The van der Waals surface area contributed by atoms with Crippen LogP contribution in [0, 0.1) is 13.8 Å². The van der Waals surface area contributed by atoms with E-state index >= 15 is 0 Å². The van der Waals surface area contributed by atoms with E-state index in [4.69, 9.17) is 0 Å². The first-order chi connectivity index (χ1) is 7.80. The van der Waals surface area contributed by atoms with Crippen molar-refractivity contribution in [3.05, 3.63) is 21.4 Å². The van der Waals surface area contributed by atoms with Gasteiger partial charge in [0.25, 0.3) is 0 Å². The first kappa shape index (κ1) is 14.6. The lowest BCUT2D eigenvalue weighted by Crippen LogP contribution is -2.45. The molecule has 0 radical (unpaired) electrons. The minimum absolute atomic E-state index is 0.611. The van der Waals surface area contributed by atoms with Crippen LogP contribution in [0.4, 0.5) is 0 Å². The van der Waals surface area contributed by atoms with E-state index in [1.165, 1.54) is 15.3 Å². The van der Waals surface area contributed by atoms with Gasteiger partial charge in [0.15, 0.2) is 0 Å². The van der Waals surface area contributed by atoms with Gasteiger partial charge in [0.05, 0.1) is 5.60 Å². The van der Waals surface area contributed by atoms with Crippen molar-refractivity contribution in [1.29, 1.82) is 0 Å². The van der Waals surface area contributed by atoms with Crippen LogP contribution in [0.3, 0.4) is 0 Å². The lowest BCUT2D eigenvalue weighted by molar-refractivity contribution is 0.0336. The van der Waals surface area contributed by atoms with Crippen molar-refractivity contribution in [2.24, 2.45) is 0 Å². The molecule has 0 aliphatic carbocycles. The van der Waals surface area contributed by atoms with Gasteiger partial charge in [-0.25, -0.2) is 0 Å². The highest BCUT2D eigenvalue weighted by Crippen LogP contribution is 2.20. The molecular formula is C13H24N2OS. The van der Waals surface area contributed by atoms with Crippen LogP contribution in [0.1, 0.15) is 22.2 Å². The van der Waals surface area contributed by atoms with Crippen LogP contribution in [0.2, 0.25) is 0 Å². The summed E-state index contributed by atoms with van der Waals surface area (Å²) in [5, 5.41) is 13.5. The summed E-state index contributed by atoms with van der Waals surface area (Å²) in [5.41, 5.74) is 0.663. The Labute approximate surface area is 108 Å². The van der Waals surface area contributed by atoms with E-state index in [9.17, 15) is 5.11 Å². The third-order valence-corrected chi connectivity index (χ3v) is 3.63. The zero-order valence-electron chi connectivity index (χ0n) is 11.5. The fraction of sp³-hybridized carbons (Fsp3) is 0.692. The minimum Gasteiger partial charge on any atom is -0.388 e. The highest BCUT2D eigenvalue weighted by Gasteiger charge is 2.20. The molecule has 1 rings (SSSR count). The molecule has 0 saturated heterocycles. The number of likely N-dealkylation sites (N-methyl/N-ethyl adjacent to an activating group) is 1. The molecule has 0 aliphatic heterocycles. The van der Waals surface area contributed by atoms with Crippen LogP contribution >= 0.6 is 11.3 Å². The fourth-order valence-electron chi connectivity index (χ4n) is 2.06. The summed E-state index contributed by atoms with van der Waals surface area (Å²) in [4.78, 5) is 4.71. The van der Waals surface area contributed by atoms with Crippen LogP contribution in [-0.2, 0) is 6.54 Å². The Balaban J connectivity index is 2.39. The number of nitrogens with zero attached hydrogens (tertiary/aromatic N) is 1. The third-order valence-electron chi connectivity index (χ3n) is 2.62. The molecule has 98 valence electrons. The van der Waals surface area contributed by atoms with E-state index in [0.29, 0.717) is 13.1 Å². The Kier molecular flexibility index (Phi) is 5.13. The van der Waals surface area contributed by atoms with Gasteiger partial charge < -0.3 is 15.3 Å². The molecule has 1 aromatic rings. The zero-order valence-corrected chi connectivity index (χ0v) is 12.3. The predicted molar refractivity (Wildman–Crippen MR) is 74.7 cm³/mol. The Bertz CT molecular complexity index is 358. The SMILES string of the molecule is Cc1cc(CNCC(C)(O)CN(C)C)c(C)s1. The second kappa shape index (κ2) is 5.96. The van der Waals surface area contributed by atoms with Gasteiger partial charge in [0.1, 0.15) is 0 Å².